The lowest BCUT2D eigenvalue weighted by molar-refractivity contribution is 0.284. The van der Waals surface area contributed by atoms with Crippen molar-refractivity contribution < 1.29 is 64.5 Å². The van der Waals surface area contributed by atoms with Gasteiger partial charge in [-0.1, -0.05) is 74.4 Å². The van der Waals surface area contributed by atoms with Gasteiger partial charge in [-0.15, -0.1) is 26.0 Å². The smallest absolute Gasteiger partial charge is 0.286 e. The fourth-order valence-electron chi connectivity index (χ4n) is 4.56. The Hall–Kier alpha value is -4.01. The largest absolute Gasteiger partial charge is 0.397 e. The van der Waals surface area contributed by atoms with Crippen LogP contribution in [-0.4, -0.2) is 78.4 Å². The third-order valence-electron chi connectivity index (χ3n) is 7.74. The average molecular weight is 939 g/mol. The summed E-state index contributed by atoms with van der Waals surface area (Å²) in [5.74, 6) is -0.937. The minimum Gasteiger partial charge on any atom is -0.286 e. The summed E-state index contributed by atoms with van der Waals surface area (Å²) in [7, 11) is -21.3. The average Bonchev–Trinajstić information content (AvgIpc) is 3.14. The molecule has 0 aromatic heterocycles. The van der Waals surface area contributed by atoms with Gasteiger partial charge < -0.3 is 0 Å². The van der Waals surface area contributed by atoms with Crippen LogP contribution in [-0.2, 0) is 54.8 Å². The Kier molecular flexibility index (Phi) is 27.2. The fourth-order valence-corrected chi connectivity index (χ4v) is 8.22. The third-order valence-corrected chi connectivity index (χ3v) is 12.8. The van der Waals surface area contributed by atoms with Gasteiger partial charge in [-0.05, 0) is 112 Å². The monoisotopic (exact) mass is 938 g/mol. The van der Waals surface area contributed by atoms with Crippen molar-refractivity contribution in [1.82, 2.24) is 0 Å². The molecule has 15 nitrogen and oxygen atoms in total. The van der Waals surface area contributed by atoms with Gasteiger partial charge in [0.2, 0.25) is 0 Å². The second-order valence-corrected chi connectivity index (χ2v) is 19.7. The minimum absolute atomic E-state index is 0.00111. The van der Waals surface area contributed by atoms with E-state index in [-0.39, 0.29) is 16.2 Å². The molecule has 0 saturated heterocycles. The molecule has 4 aromatic rings. The summed E-state index contributed by atoms with van der Waals surface area (Å²) < 4.78 is 147. The summed E-state index contributed by atoms with van der Waals surface area (Å²) in [5, 5.41) is 1.91. The Morgan fingerprint density at radius 3 is 1.35 bits per heavy atom. The van der Waals surface area contributed by atoms with Crippen LogP contribution < -0.4 is 0 Å². The summed E-state index contributed by atoms with van der Waals surface area (Å²) >= 11 is 0. The standard InChI is InChI=1S/C14H16O3S.C9H12O9S3.C8H10.C3H8O3S.C2H6.C2H4.C2H2/c1-8-5-6-12-10(3)11(4)14(18(15,16)17)7-13(12)9(8)2;1-7-2-3-8(6-9(7)20(12,13)14)19(10,11)5-4-18-21(15,16)17;1-7-3-5-8(2)6-4-7;1-2-3-7(4,5)6;3*1-2/h5-7H,1-4H3,(H,15,16,17);2-3,6H,4-5H2,1H3,(H,12,13,14)(H,15,16,17);3-6H,1-2H3;2-3H2,1H3,(H,4,5,6);1-2H3;1-2H2;1-2H. The van der Waals surface area contributed by atoms with E-state index in [9.17, 15) is 46.6 Å². The molecule has 0 bridgehead atoms. The first-order valence-electron chi connectivity index (χ1n) is 17.6. The van der Waals surface area contributed by atoms with E-state index in [1.165, 1.54) is 24.1 Å². The van der Waals surface area contributed by atoms with Crippen LogP contribution in [0, 0.1) is 61.3 Å². The van der Waals surface area contributed by atoms with Crippen LogP contribution in [0.3, 0.4) is 0 Å². The summed E-state index contributed by atoms with van der Waals surface area (Å²) in [6.45, 7) is 23.9. The highest BCUT2D eigenvalue weighted by molar-refractivity contribution is 7.91. The van der Waals surface area contributed by atoms with Gasteiger partial charge in [0.1, 0.15) is 0 Å². The van der Waals surface area contributed by atoms with Crippen molar-refractivity contribution >= 4 is 61.4 Å². The molecule has 4 rings (SSSR count). The van der Waals surface area contributed by atoms with Crippen LogP contribution in [0.2, 0.25) is 0 Å². The maximum Gasteiger partial charge on any atom is 0.397 e. The van der Waals surface area contributed by atoms with Crippen LogP contribution >= 0.6 is 0 Å². The maximum atomic E-state index is 11.9. The highest BCUT2D eigenvalue weighted by atomic mass is 32.3. The molecule has 4 aromatic carbocycles. The third kappa shape index (κ3) is 22.6. The Bertz CT molecular complexity index is 2540. The van der Waals surface area contributed by atoms with Crippen molar-refractivity contribution in [3.8, 4) is 12.8 Å². The molecule has 0 heterocycles. The van der Waals surface area contributed by atoms with Gasteiger partial charge in [-0.25, -0.2) is 12.6 Å². The number of benzene rings is 4. The van der Waals surface area contributed by atoms with Crippen LogP contribution in [0.15, 0.2) is 88.5 Å². The predicted molar refractivity (Wildman–Crippen MR) is 238 cm³/mol. The van der Waals surface area contributed by atoms with E-state index in [1.54, 1.807) is 19.9 Å². The second-order valence-electron chi connectivity index (χ2n) is 12.1. The molecule has 0 radical (unpaired) electrons. The zero-order chi connectivity index (χ0) is 48.0. The zero-order valence-electron chi connectivity index (χ0n) is 35.5. The molecule has 0 saturated carbocycles. The van der Waals surface area contributed by atoms with E-state index >= 15 is 0 Å². The van der Waals surface area contributed by atoms with Crippen LogP contribution in [0.5, 0.6) is 0 Å². The summed E-state index contributed by atoms with van der Waals surface area (Å²) in [5.41, 5.74) is 6.45. The van der Waals surface area contributed by atoms with E-state index in [1.807, 2.05) is 46.8 Å². The molecule has 20 heteroatoms. The molecule has 0 atom stereocenters. The van der Waals surface area contributed by atoms with E-state index in [0.29, 0.717) is 12.0 Å². The molecule has 60 heavy (non-hydrogen) atoms. The van der Waals surface area contributed by atoms with Gasteiger partial charge in [0.25, 0.3) is 30.4 Å². The number of fused-ring (bicyclic) bond motifs is 1. The first-order chi connectivity index (χ1) is 27.4. The fraction of sp³-hybridized carbons (Fsp3) is 0.350. The predicted octanol–water partition coefficient (Wildman–Crippen LogP) is 7.82. The molecule has 0 aliphatic rings. The number of hydrogen-bond acceptors (Lipinski definition) is 11. The lowest BCUT2D eigenvalue weighted by atomic mass is 9.95. The molecule has 0 spiro atoms. The van der Waals surface area contributed by atoms with Gasteiger partial charge in [0, 0.05) is 0 Å². The first-order valence-corrected chi connectivity index (χ1v) is 25.1. The summed E-state index contributed by atoms with van der Waals surface area (Å²) in [6.07, 6.45) is 8.47. The second kappa shape index (κ2) is 27.0. The number of sulfone groups is 1. The Labute approximate surface area is 358 Å². The number of aryl methyl sites for hydroxylation is 6. The Morgan fingerprint density at radius 1 is 0.550 bits per heavy atom. The molecule has 0 unspecified atom stereocenters. The highest BCUT2D eigenvalue weighted by Crippen LogP contribution is 2.31. The molecular weight excluding hydrogens is 881 g/mol. The summed E-state index contributed by atoms with van der Waals surface area (Å²) in [4.78, 5) is -1.000. The molecule has 0 aliphatic carbocycles. The maximum absolute atomic E-state index is 11.9. The number of rotatable bonds is 9. The van der Waals surface area contributed by atoms with E-state index in [2.05, 4.69) is 68.3 Å². The van der Waals surface area contributed by atoms with Crippen molar-refractivity contribution in [2.24, 2.45) is 0 Å². The zero-order valence-corrected chi connectivity index (χ0v) is 39.6. The van der Waals surface area contributed by atoms with Crippen molar-refractivity contribution in [3.05, 3.63) is 113 Å². The number of terminal acetylenes is 1. The van der Waals surface area contributed by atoms with Crippen LogP contribution in [0.4, 0.5) is 0 Å². The van der Waals surface area contributed by atoms with E-state index in [0.717, 1.165) is 39.6 Å². The first kappa shape index (κ1) is 60.3. The molecular formula is C40H58O15S5. The summed E-state index contributed by atoms with van der Waals surface area (Å²) in [6, 6.07) is 17.1. The lowest BCUT2D eigenvalue weighted by Gasteiger charge is -2.13. The van der Waals surface area contributed by atoms with Crippen LogP contribution in [0.25, 0.3) is 10.8 Å². The molecule has 338 valence electrons. The number of hydrogen-bond donors (Lipinski definition) is 4. The van der Waals surface area contributed by atoms with Gasteiger partial charge >= 0.3 is 10.4 Å². The molecule has 0 aliphatic heterocycles. The minimum atomic E-state index is -4.77. The van der Waals surface area contributed by atoms with Crippen molar-refractivity contribution in [2.45, 2.75) is 90.3 Å². The van der Waals surface area contributed by atoms with Gasteiger partial charge in [-0.3, -0.25) is 18.2 Å². The van der Waals surface area contributed by atoms with E-state index in [4.69, 9.17) is 13.7 Å². The van der Waals surface area contributed by atoms with Gasteiger partial charge in [-0.2, -0.15) is 33.7 Å². The molecule has 0 amide bonds. The van der Waals surface area contributed by atoms with Gasteiger partial charge in [0.05, 0.1) is 32.8 Å². The quantitative estimate of drug-likeness (QED) is 0.0708. The SMILES string of the molecule is C#C.C=C.CC.CCCS(=O)(=O)O.Cc1ccc(C)cc1.Cc1ccc(S(=O)(=O)CCOS(=O)(=O)O)cc1S(=O)(=O)O.Cc1ccc2c(C)c(C)c(S(=O)(=O)O)cc2c1C. The normalized spacial score (nSPS) is 11.1. The molecule has 4 N–H and O–H groups in total. The van der Waals surface area contributed by atoms with Crippen molar-refractivity contribution in [2.75, 3.05) is 18.1 Å². The highest BCUT2D eigenvalue weighted by Gasteiger charge is 2.21. The molecule has 0 fully saturated rings. The van der Waals surface area contributed by atoms with Crippen LogP contribution in [0.1, 0.15) is 66.1 Å². The Morgan fingerprint density at radius 2 is 0.983 bits per heavy atom. The topological polar surface area (TPSA) is 261 Å². The Balaban J connectivity index is -0.000000746. The lowest BCUT2D eigenvalue weighted by Crippen LogP contribution is -2.16. The van der Waals surface area contributed by atoms with Gasteiger partial charge in [0.15, 0.2) is 9.84 Å². The van der Waals surface area contributed by atoms with Crippen molar-refractivity contribution in [3.63, 3.8) is 0 Å². The van der Waals surface area contributed by atoms with Crippen molar-refractivity contribution in [1.29, 1.82) is 0 Å². The van der Waals surface area contributed by atoms with E-state index < -0.39 is 72.7 Å².